The molecule has 74 valence electrons. The summed E-state index contributed by atoms with van der Waals surface area (Å²) in [6.07, 6.45) is 3.03. The fourth-order valence-electron chi connectivity index (χ4n) is 1.81. The highest BCUT2D eigenvalue weighted by atomic mass is 79.9. The first-order valence-electron chi connectivity index (χ1n) is 4.57. The van der Waals surface area contributed by atoms with E-state index >= 15 is 0 Å². The van der Waals surface area contributed by atoms with Crippen molar-refractivity contribution in [3.8, 4) is 0 Å². The van der Waals surface area contributed by atoms with Crippen LogP contribution in [0.15, 0.2) is 18.2 Å². The fraction of sp³-hybridized carbons (Fsp3) is 0.400. The number of nitro groups is 1. The van der Waals surface area contributed by atoms with Gasteiger partial charge in [-0.05, 0) is 30.4 Å². The summed E-state index contributed by atoms with van der Waals surface area (Å²) in [6, 6.07) is 5.17. The molecule has 0 unspecified atom stereocenters. The predicted molar refractivity (Wildman–Crippen MR) is 57.8 cm³/mol. The molecule has 4 heteroatoms. The van der Waals surface area contributed by atoms with Crippen molar-refractivity contribution in [1.82, 2.24) is 0 Å². The van der Waals surface area contributed by atoms with Gasteiger partial charge in [0.1, 0.15) is 0 Å². The van der Waals surface area contributed by atoms with E-state index in [0.29, 0.717) is 4.83 Å². The van der Waals surface area contributed by atoms with Crippen molar-refractivity contribution in [2.45, 2.75) is 24.1 Å². The number of hydrogen-bond donors (Lipinski definition) is 0. The molecule has 0 aliphatic heterocycles. The van der Waals surface area contributed by atoms with Crippen LogP contribution in [0.25, 0.3) is 0 Å². The van der Waals surface area contributed by atoms with Gasteiger partial charge < -0.3 is 0 Å². The van der Waals surface area contributed by atoms with Crippen LogP contribution in [0.1, 0.15) is 17.5 Å². The van der Waals surface area contributed by atoms with Gasteiger partial charge in [0, 0.05) is 17.0 Å². The number of halogens is 1. The summed E-state index contributed by atoms with van der Waals surface area (Å²) >= 11 is 3.55. The lowest BCUT2D eigenvalue weighted by molar-refractivity contribution is -0.384. The highest BCUT2D eigenvalue weighted by molar-refractivity contribution is 9.09. The summed E-state index contributed by atoms with van der Waals surface area (Å²) in [7, 11) is 0. The van der Waals surface area contributed by atoms with Crippen LogP contribution in [0.2, 0.25) is 0 Å². The number of aryl methyl sites for hydroxylation is 1. The average molecular weight is 256 g/mol. The van der Waals surface area contributed by atoms with Crippen LogP contribution in [0, 0.1) is 10.1 Å². The maximum absolute atomic E-state index is 10.6. The first-order valence-corrected chi connectivity index (χ1v) is 5.48. The van der Waals surface area contributed by atoms with E-state index in [4.69, 9.17) is 0 Å². The lowest BCUT2D eigenvalue weighted by Crippen LogP contribution is -2.13. The standard InChI is InChI=1S/C10H10BrNO2/c11-9-3-1-7-2-4-10(12(13)14)6-8(7)5-9/h2,4,6,9H,1,3,5H2/t9-/m0/s1. The number of rotatable bonds is 1. The second-order valence-electron chi connectivity index (χ2n) is 3.55. The van der Waals surface area contributed by atoms with E-state index in [1.165, 1.54) is 5.56 Å². The number of hydrogen-bond acceptors (Lipinski definition) is 2. The van der Waals surface area contributed by atoms with E-state index < -0.39 is 0 Å². The molecule has 1 aliphatic carbocycles. The Morgan fingerprint density at radius 2 is 2.21 bits per heavy atom. The third-order valence-electron chi connectivity index (χ3n) is 2.57. The topological polar surface area (TPSA) is 43.1 Å². The summed E-state index contributed by atoms with van der Waals surface area (Å²) in [5.41, 5.74) is 2.57. The van der Waals surface area contributed by atoms with Gasteiger partial charge in [-0.2, -0.15) is 0 Å². The quantitative estimate of drug-likeness (QED) is 0.440. The smallest absolute Gasteiger partial charge is 0.258 e. The SMILES string of the molecule is O=[N+]([O-])c1ccc2c(c1)C[C@@H](Br)CC2. The Kier molecular flexibility index (Phi) is 2.54. The number of nitro benzene ring substituents is 1. The van der Waals surface area contributed by atoms with Crippen LogP contribution in [-0.4, -0.2) is 9.75 Å². The van der Waals surface area contributed by atoms with Crippen molar-refractivity contribution in [2.75, 3.05) is 0 Å². The second kappa shape index (κ2) is 3.69. The van der Waals surface area contributed by atoms with Gasteiger partial charge >= 0.3 is 0 Å². The number of nitrogens with zero attached hydrogens (tertiary/aromatic N) is 1. The van der Waals surface area contributed by atoms with Gasteiger partial charge in [0.25, 0.3) is 5.69 Å². The third kappa shape index (κ3) is 1.80. The van der Waals surface area contributed by atoms with Gasteiger partial charge in [-0.1, -0.05) is 22.0 Å². The highest BCUT2D eigenvalue weighted by Gasteiger charge is 2.18. The second-order valence-corrected chi connectivity index (χ2v) is 4.85. The zero-order chi connectivity index (χ0) is 10.1. The lowest BCUT2D eigenvalue weighted by Gasteiger charge is -2.19. The molecule has 0 N–H and O–H groups in total. The van der Waals surface area contributed by atoms with Crippen molar-refractivity contribution in [1.29, 1.82) is 0 Å². The van der Waals surface area contributed by atoms with Gasteiger partial charge in [-0.25, -0.2) is 0 Å². The third-order valence-corrected chi connectivity index (χ3v) is 3.35. The Labute approximate surface area is 90.4 Å². The lowest BCUT2D eigenvalue weighted by atomic mass is 9.91. The molecule has 1 aromatic carbocycles. The number of benzene rings is 1. The Bertz CT molecular complexity index is 378. The molecule has 1 atom stereocenters. The van der Waals surface area contributed by atoms with Crippen LogP contribution < -0.4 is 0 Å². The maximum Gasteiger partial charge on any atom is 0.269 e. The molecule has 0 spiro atoms. The number of fused-ring (bicyclic) bond motifs is 1. The minimum atomic E-state index is -0.335. The Morgan fingerprint density at radius 1 is 1.43 bits per heavy atom. The Morgan fingerprint density at radius 3 is 2.93 bits per heavy atom. The van der Waals surface area contributed by atoms with E-state index in [2.05, 4.69) is 15.9 Å². The Hall–Kier alpha value is -0.900. The minimum absolute atomic E-state index is 0.199. The molecule has 0 saturated heterocycles. The predicted octanol–water partition coefficient (Wildman–Crippen LogP) is 2.85. The summed E-state index contributed by atoms with van der Waals surface area (Å²) in [5, 5.41) is 10.6. The molecule has 1 aromatic rings. The molecular weight excluding hydrogens is 246 g/mol. The number of alkyl halides is 1. The molecule has 0 radical (unpaired) electrons. The molecule has 3 nitrogen and oxygen atoms in total. The van der Waals surface area contributed by atoms with E-state index in [1.807, 2.05) is 6.07 Å². The highest BCUT2D eigenvalue weighted by Crippen LogP contribution is 2.28. The van der Waals surface area contributed by atoms with E-state index in [9.17, 15) is 10.1 Å². The molecule has 14 heavy (non-hydrogen) atoms. The van der Waals surface area contributed by atoms with E-state index in [-0.39, 0.29) is 10.6 Å². The summed E-state index contributed by atoms with van der Waals surface area (Å²) in [6.45, 7) is 0. The van der Waals surface area contributed by atoms with Gasteiger partial charge in [-0.15, -0.1) is 0 Å². The fourth-order valence-corrected chi connectivity index (χ4v) is 2.39. The largest absolute Gasteiger partial charge is 0.269 e. The summed E-state index contributed by atoms with van der Waals surface area (Å²) in [4.78, 5) is 10.7. The number of non-ortho nitro benzene ring substituents is 1. The van der Waals surface area contributed by atoms with Crippen LogP contribution in [0.5, 0.6) is 0 Å². The van der Waals surface area contributed by atoms with E-state index in [1.54, 1.807) is 12.1 Å². The molecule has 1 aliphatic rings. The molecule has 0 saturated carbocycles. The molecule has 0 fully saturated rings. The van der Waals surface area contributed by atoms with Gasteiger partial charge in [0.2, 0.25) is 0 Å². The molecule has 0 heterocycles. The zero-order valence-electron chi connectivity index (χ0n) is 7.57. The van der Waals surface area contributed by atoms with Gasteiger partial charge in [0.05, 0.1) is 4.92 Å². The van der Waals surface area contributed by atoms with E-state index in [0.717, 1.165) is 24.8 Å². The molecule has 2 rings (SSSR count). The first-order chi connectivity index (χ1) is 6.66. The van der Waals surface area contributed by atoms with Crippen LogP contribution >= 0.6 is 15.9 Å². The van der Waals surface area contributed by atoms with Crippen molar-refractivity contribution < 1.29 is 4.92 Å². The average Bonchev–Trinajstić information content (AvgIpc) is 2.16. The maximum atomic E-state index is 10.6. The van der Waals surface area contributed by atoms with Gasteiger partial charge in [-0.3, -0.25) is 10.1 Å². The van der Waals surface area contributed by atoms with Crippen molar-refractivity contribution in [3.05, 3.63) is 39.4 Å². The van der Waals surface area contributed by atoms with Crippen molar-refractivity contribution >= 4 is 21.6 Å². The molecule has 0 amide bonds. The van der Waals surface area contributed by atoms with Crippen LogP contribution in [0.4, 0.5) is 5.69 Å². The molecular formula is C10H10BrNO2. The monoisotopic (exact) mass is 255 g/mol. The molecule has 0 bridgehead atoms. The van der Waals surface area contributed by atoms with Crippen LogP contribution in [0.3, 0.4) is 0 Å². The van der Waals surface area contributed by atoms with Crippen molar-refractivity contribution in [3.63, 3.8) is 0 Å². The first kappa shape index (κ1) is 9.65. The zero-order valence-corrected chi connectivity index (χ0v) is 9.16. The minimum Gasteiger partial charge on any atom is -0.258 e. The van der Waals surface area contributed by atoms with Gasteiger partial charge in [0.15, 0.2) is 0 Å². The Balaban J connectivity index is 2.37. The van der Waals surface area contributed by atoms with Crippen LogP contribution in [-0.2, 0) is 12.8 Å². The normalized spacial score (nSPS) is 20.2. The summed E-state index contributed by atoms with van der Waals surface area (Å²) < 4.78 is 0. The molecule has 0 aromatic heterocycles. The summed E-state index contributed by atoms with van der Waals surface area (Å²) in [5.74, 6) is 0. The van der Waals surface area contributed by atoms with Crippen molar-refractivity contribution in [2.24, 2.45) is 0 Å².